The molecule has 3 N–H and O–H groups in total. The average molecular weight is 336 g/mol. The van der Waals surface area contributed by atoms with Crippen LogP contribution in [0.2, 0.25) is 0 Å². The number of amides is 2. The second-order valence-corrected chi connectivity index (χ2v) is 8.22. The summed E-state index contributed by atoms with van der Waals surface area (Å²) in [5, 5.41) is 3.33. The van der Waals surface area contributed by atoms with Crippen LogP contribution in [-0.2, 0) is 9.59 Å². The number of nitrogens with one attached hydrogen (secondary N) is 1. The standard InChI is InChI=1S/C16H20N2O2S2/c17-15(20)14-11-7-4-8-12(11)22-16(14)18-13(19)9-21-10-5-2-1-3-6-10/h1-3,5-6,11-12,14,16H,4,7-9H2,(H2,17,20)(H,18,19). The summed E-state index contributed by atoms with van der Waals surface area (Å²) < 4.78 is 0. The van der Waals surface area contributed by atoms with Crippen LogP contribution in [0, 0.1) is 11.8 Å². The maximum absolute atomic E-state index is 12.2. The van der Waals surface area contributed by atoms with E-state index in [0.717, 1.165) is 24.2 Å². The number of rotatable bonds is 5. The SMILES string of the molecule is NC(=O)C1C(NC(=O)CSc2ccccc2)SC2CCCC21. The van der Waals surface area contributed by atoms with Gasteiger partial charge >= 0.3 is 0 Å². The van der Waals surface area contributed by atoms with Crippen LogP contribution in [-0.4, -0.2) is 28.2 Å². The Balaban J connectivity index is 1.55. The Hall–Kier alpha value is -1.14. The smallest absolute Gasteiger partial charge is 0.231 e. The number of hydrogen-bond acceptors (Lipinski definition) is 4. The van der Waals surface area contributed by atoms with E-state index >= 15 is 0 Å². The Bertz CT molecular complexity index is 552. The van der Waals surface area contributed by atoms with E-state index in [2.05, 4.69) is 5.32 Å². The number of thioether (sulfide) groups is 2. The van der Waals surface area contributed by atoms with Gasteiger partial charge in [-0.05, 0) is 30.9 Å². The Morgan fingerprint density at radius 2 is 2.05 bits per heavy atom. The van der Waals surface area contributed by atoms with Crippen molar-refractivity contribution in [1.82, 2.24) is 5.32 Å². The van der Waals surface area contributed by atoms with Crippen molar-refractivity contribution in [2.45, 2.75) is 34.8 Å². The molecule has 2 aliphatic rings. The molecule has 4 nitrogen and oxygen atoms in total. The molecule has 0 bridgehead atoms. The van der Waals surface area contributed by atoms with Crippen LogP contribution in [0.4, 0.5) is 0 Å². The molecule has 4 unspecified atom stereocenters. The Labute approximate surface area is 139 Å². The van der Waals surface area contributed by atoms with E-state index in [1.165, 1.54) is 11.8 Å². The summed E-state index contributed by atoms with van der Waals surface area (Å²) in [7, 11) is 0. The van der Waals surface area contributed by atoms with Crippen LogP contribution in [0.3, 0.4) is 0 Å². The molecule has 3 rings (SSSR count). The fraction of sp³-hybridized carbons (Fsp3) is 0.500. The molecule has 118 valence electrons. The van der Waals surface area contributed by atoms with Crippen LogP contribution < -0.4 is 11.1 Å². The van der Waals surface area contributed by atoms with E-state index in [0.29, 0.717) is 16.9 Å². The van der Waals surface area contributed by atoms with Gasteiger partial charge in [0.25, 0.3) is 0 Å². The first-order valence-electron chi connectivity index (χ1n) is 7.57. The number of primary amides is 1. The van der Waals surface area contributed by atoms with Crippen molar-refractivity contribution in [1.29, 1.82) is 0 Å². The van der Waals surface area contributed by atoms with E-state index in [1.54, 1.807) is 11.8 Å². The Kier molecular flexibility index (Phi) is 4.98. The van der Waals surface area contributed by atoms with Gasteiger partial charge in [-0.25, -0.2) is 0 Å². The zero-order valence-electron chi connectivity index (χ0n) is 12.2. The average Bonchev–Trinajstić information content (AvgIpc) is 3.06. The highest BCUT2D eigenvalue weighted by atomic mass is 32.2. The summed E-state index contributed by atoms with van der Waals surface area (Å²) in [6, 6.07) is 9.84. The Morgan fingerprint density at radius 1 is 1.27 bits per heavy atom. The van der Waals surface area contributed by atoms with E-state index in [4.69, 9.17) is 5.73 Å². The molecule has 1 aliphatic carbocycles. The first-order valence-corrected chi connectivity index (χ1v) is 9.50. The summed E-state index contributed by atoms with van der Waals surface area (Å²) in [5.74, 6) is 0.181. The zero-order valence-corrected chi connectivity index (χ0v) is 13.9. The lowest BCUT2D eigenvalue weighted by molar-refractivity contribution is -0.124. The summed E-state index contributed by atoms with van der Waals surface area (Å²) in [5.41, 5.74) is 5.58. The van der Waals surface area contributed by atoms with Gasteiger partial charge in [-0.3, -0.25) is 9.59 Å². The lowest BCUT2D eigenvalue weighted by Gasteiger charge is -2.20. The van der Waals surface area contributed by atoms with Gasteiger partial charge < -0.3 is 11.1 Å². The number of carbonyl (C=O) groups excluding carboxylic acids is 2. The van der Waals surface area contributed by atoms with Gasteiger partial charge in [0, 0.05) is 10.1 Å². The number of carbonyl (C=O) groups is 2. The lowest BCUT2D eigenvalue weighted by Crippen LogP contribution is -2.43. The minimum atomic E-state index is -0.275. The zero-order chi connectivity index (χ0) is 15.5. The summed E-state index contributed by atoms with van der Waals surface area (Å²) in [6.07, 6.45) is 3.34. The van der Waals surface area contributed by atoms with Crippen molar-refractivity contribution in [3.05, 3.63) is 30.3 Å². The maximum atomic E-state index is 12.2. The molecule has 1 saturated heterocycles. The molecule has 2 fully saturated rings. The molecular weight excluding hydrogens is 316 g/mol. The fourth-order valence-electron chi connectivity index (χ4n) is 3.38. The Morgan fingerprint density at radius 3 is 2.77 bits per heavy atom. The largest absolute Gasteiger partial charge is 0.369 e. The predicted octanol–water partition coefficient (Wildman–Crippen LogP) is 2.24. The summed E-state index contributed by atoms with van der Waals surface area (Å²) in [4.78, 5) is 25.0. The van der Waals surface area contributed by atoms with Gasteiger partial charge in [-0.1, -0.05) is 24.6 Å². The molecule has 0 aromatic heterocycles. The monoisotopic (exact) mass is 336 g/mol. The molecule has 1 aromatic rings. The molecule has 1 aliphatic heterocycles. The minimum Gasteiger partial charge on any atom is -0.369 e. The molecule has 1 heterocycles. The van der Waals surface area contributed by atoms with Gasteiger partial charge in [-0.15, -0.1) is 23.5 Å². The van der Waals surface area contributed by atoms with Crippen molar-refractivity contribution in [2.75, 3.05) is 5.75 Å². The van der Waals surface area contributed by atoms with E-state index in [-0.39, 0.29) is 23.1 Å². The molecule has 6 heteroatoms. The normalized spacial score (nSPS) is 30.0. The van der Waals surface area contributed by atoms with Crippen LogP contribution in [0.1, 0.15) is 19.3 Å². The highest BCUT2D eigenvalue weighted by Gasteiger charge is 2.49. The van der Waals surface area contributed by atoms with Crippen molar-refractivity contribution < 1.29 is 9.59 Å². The fourth-order valence-corrected chi connectivity index (χ4v) is 6.00. The molecule has 22 heavy (non-hydrogen) atoms. The van der Waals surface area contributed by atoms with Crippen LogP contribution in [0.5, 0.6) is 0 Å². The molecular formula is C16H20N2O2S2. The third kappa shape index (κ3) is 3.43. The number of benzene rings is 1. The number of fused-ring (bicyclic) bond motifs is 1. The second-order valence-electron chi connectivity index (χ2n) is 5.79. The quantitative estimate of drug-likeness (QED) is 0.809. The molecule has 0 spiro atoms. The third-order valence-corrected chi connectivity index (χ3v) is 7.01. The molecule has 0 radical (unpaired) electrons. The van der Waals surface area contributed by atoms with Crippen molar-refractivity contribution in [3.8, 4) is 0 Å². The van der Waals surface area contributed by atoms with E-state index in [9.17, 15) is 9.59 Å². The van der Waals surface area contributed by atoms with Gasteiger partial charge in [0.15, 0.2) is 0 Å². The van der Waals surface area contributed by atoms with Crippen LogP contribution >= 0.6 is 23.5 Å². The highest BCUT2D eigenvalue weighted by molar-refractivity contribution is 8.01. The third-order valence-electron chi connectivity index (χ3n) is 4.36. The topological polar surface area (TPSA) is 72.2 Å². The predicted molar refractivity (Wildman–Crippen MR) is 90.5 cm³/mol. The van der Waals surface area contributed by atoms with E-state index < -0.39 is 0 Å². The highest BCUT2D eigenvalue weighted by Crippen LogP contribution is 2.50. The summed E-state index contributed by atoms with van der Waals surface area (Å²) in [6.45, 7) is 0. The van der Waals surface area contributed by atoms with Gasteiger partial charge in [0.2, 0.25) is 11.8 Å². The first-order chi connectivity index (χ1) is 10.6. The van der Waals surface area contributed by atoms with E-state index in [1.807, 2.05) is 30.3 Å². The maximum Gasteiger partial charge on any atom is 0.231 e. The first kappa shape index (κ1) is 15.7. The van der Waals surface area contributed by atoms with Crippen LogP contribution in [0.25, 0.3) is 0 Å². The lowest BCUT2D eigenvalue weighted by atomic mass is 9.90. The number of hydrogen-bond donors (Lipinski definition) is 2. The molecule has 1 saturated carbocycles. The van der Waals surface area contributed by atoms with Crippen molar-refractivity contribution in [3.63, 3.8) is 0 Å². The molecule has 2 amide bonds. The van der Waals surface area contributed by atoms with Gasteiger partial charge in [0.1, 0.15) is 0 Å². The van der Waals surface area contributed by atoms with Gasteiger partial charge in [-0.2, -0.15) is 0 Å². The summed E-state index contributed by atoms with van der Waals surface area (Å²) >= 11 is 3.23. The second kappa shape index (κ2) is 6.96. The molecule has 1 aromatic carbocycles. The van der Waals surface area contributed by atoms with Crippen LogP contribution in [0.15, 0.2) is 35.2 Å². The minimum absolute atomic E-state index is 0.0300. The molecule has 4 atom stereocenters. The van der Waals surface area contributed by atoms with Crippen molar-refractivity contribution >= 4 is 35.3 Å². The van der Waals surface area contributed by atoms with Crippen molar-refractivity contribution in [2.24, 2.45) is 17.6 Å². The number of nitrogens with two attached hydrogens (primary N) is 1. The van der Waals surface area contributed by atoms with Gasteiger partial charge in [0.05, 0.1) is 17.0 Å².